The second-order valence-corrected chi connectivity index (χ2v) is 7.10. The smallest absolute Gasteiger partial charge is 0.161 e. The molecule has 0 fully saturated rings. The summed E-state index contributed by atoms with van der Waals surface area (Å²) in [7, 11) is 0. The van der Waals surface area contributed by atoms with Crippen molar-refractivity contribution in [3.63, 3.8) is 0 Å². The van der Waals surface area contributed by atoms with E-state index >= 15 is 0 Å². The van der Waals surface area contributed by atoms with Gasteiger partial charge in [-0.15, -0.1) is 0 Å². The molecular formula is C21H20BrNO3S. The van der Waals surface area contributed by atoms with E-state index in [1.165, 1.54) is 0 Å². The van der Waals surface area contributed by atoms with Gasteiger partial charge >= 0.3 is 0 Å². The first-order valence-corrected chi connectivity index (χ1v) is 9.80. The number of hydrogen-bond donors (Lipinski definition) is 1. The maximum atomic E-state index is 5.95. The summed E-state index contributed by atoms with van der Waals surface area (Å²) in [6.07, 6.45) is 1.64. The Morgan fingerprint density at radius 2 is 1.89 bits per heavy atom. The molecule has 0 bridgehead atoms. The van der Waals surface area contributed by atoms with Gasteiger partial charge in [-0.2, -0.15) is 0 Å². The van der Waals surface area contributed by atoms with Crippen LogP contribution in [0.1, 0.15) is 23.8 Å². The van der Waals surface area contributed by atoms with Crippen molar-refractivity contribution in [1.82, 2.24) is 5.32 Å². The summed E-state index contributed by atoms with van der Waals surface area (Å²) in [6.45, 7) is 3.49. The highest BCUT2D eigenvalue weighted by molar-refractivity contribution is 9.10. The largest absolute Gasteiger partial charge is 0.490 e. The summed E-state index contributed by atoms with van der Waals surface area (Å²) in [5.41, 5.74) is 1.95. The fraction of sp³-hybridized carbons (Fsp3) is 0.190. The minimum absolute atomic E-state index is 0.466. The Labute approximate surface area is 172 Å². The van der Waals surface area contributed by atoms with Gasteiger partial charge in [0.05, 0.1) is 19.4 Å². The molecule has 1 N–H and O–H groups in total. The van der Waals surface area contributed by atoms with Crippen molar-refractivity contribution in [2.45, 2.75) is 20.1 Å². The van der Waals surface area contributed by atoms with Gasteiger partial charge in [0.25, 0.3) is 0 Å². The van der Waals surface area contributed by atoms with Crippen LogP contribution in [0.5, 0.6) is 11.5 Å². The number of nitrogens with one attached hydrogen (secondary N) is 1. The van der Waals surface area contributed by atoms with Gasteiger partial charge < -0.3 is 19.2 Å². The lowest BCUT2D eigenvalue weighted by molar-refractivity contribution is 0.269. The van der Waals surface area contributed by atoms with Gasteiger partial charge in [0.2, 0.25) is 0 Å². The number of rotatable bonds is 8. The topological polar surface area (TPSA) is 43.6 Å². The normalized spacial score (nSPS) is 10.4. The Morgan fingerprint density at radius 3 is 2.59 bits per heavy atom. The third-order valence-electron chi connectivity index (χ3n) is 3.82. The lowest BCUT2D eigenvalue weighted by Crippen LogP contribution is -2.21. The summed E-state index contributed by atoms with van der Waals surface area (Å²) in [5.74, 6) is 2.20. The van der Waals surface area contributed by atoms with E-state index in [-0.39, 0.29) is 0 Å². The molecule has 0 atom stereocenters. The zero-order valence-electron chi connectivity index (χ0n) is 14.9. The quantitative estimate of drug-likeness (QED) is 0.464. The molecule has 0 aliphatic carbocycles. The maximum absolute atomic E-state index is 5.95. The third kappa shape index (κ3) is 5.58. The molecule has 0 aliphatic heterocycles. The summed E-state index contributed by atoms with van der Waals surface area (Å²) in [4.78, 5) is 0.631. The molecule has 2 aromatic carbocycles. The Kier molecular flexibility index (Phi) is 6.90. The molecule has 140 valence electrons. The van der Waals surface area contributed by atoms with Crippen LogP contribution in [0.3, 0.4) is 0 Å². The standard InChI is InChI=1S/C21H20BrNO3S/c1-2-24-20-12-16(21(27)23-13-18-4-3-11-25-18)7-10-19(20)26-14-15-5-8-17(22)9-6-15/h3-12H,2,13-14H2,1H3,(H,23,27). The van der Waals surface area contributed by atoms with Gasteiger partial charge in [-0.3, -0.25) is 0 Å². The highest BCUT2D eigenvalue weighted by atomic mass is 79.9. The highest BCUT2D eigenvalue weighted by Gasteiger charge is 2.10. The molecule has 0 spiro atoms. The number of hydrogen-bond acceptors (Lipinski definition) is 4. The Hall–Kier alpha value is -2.31. The first-order valence-electron chi connectivity index (χ1n) is 8.60. The van der Waals surface area contributed by atoms with Crippen LogP contribution in [0.4, 0.5) is 0 Å². The van der Waals surface area contributed by atoms with E-state index < -0.39 is 0 Å². The molecule has 3 aromatic rings. The first-order chi connectivity index (χ1) is 13.2. The van der Waals surface area contributed by atoms with Gasteiger partial charge in [0, 0.05) is 10.0 Å². The molecule has 3 rings (SSSR count). The average molecular weight is 446 g/mol. The highest BCUT2D eigenvalue weighted by Crippen LogP contribution is 2.29. The van der Waals surface area contributed by atoms with E-state index in [2.05, 4.69) is 21.2 Å². The van der Waals surface area contributed by atoms with Crippen LogP contribution in [0.25, 0.3) is 0 Å². The SMILES string of the molecule is CCOc1cc(C(=S)NCc2ccco2)ccc1OCc1ccc(Br)cc1. The fourth-order valence-electron chi connectivity index (χ4n) is 2.46. The molecule has 4 nitrogen and oxygen atoms in total. The molecule has 1 aromatic heterocycles. The second kappa shape index (κ2) is 9.58. The van der Waals surface area contributed by atoms with Crippen molar-refractivity contribution in [3.05, 3.63) is 82.2 Å². The molecule has 6 heteroatoms. The van der Waals surface area contributed by atoms with E-state index in [9.17, 15) is 0 Å². The molecule has 0 amide bonds. The van der Waals surface area contributed by atoms with Gasteiger partial charge in [-0.25, -0.2) is 0 Å². The second-order valence-electron chi connectivity index (χ2n) is 5.77. The van der Waals surface area contributed by atoms with Crippen LogP contribution in [-0.4, -0.2) is 11.6 Å². The summed E-state index contributed by atoms with van der Waals surface area (Å²) < 4.78 is 18.1. The van der Waals surface area contributed by atoms with Crippen LogP contribution < -0.4 is 14.8 Å². The summed E-state index contributed by atoms with van der Waals surface area (Å²) >= 11 is 8.92. The number of benzene rings is 2. The zero-order valence-corrected chi connectivity index (χ0v) is 17.3. The van der Waals surface area contributed by atoms with Crippen molar-refractivity contribution >= 4 is 33.1 Å². The predicted molar refractivity (Wildman–Crippen MR) is 113 cm³/mol. The molecule has 0 aliphatic rings. The van der Waals surface area contributed by atoms with E-state index in [1.807, 2.05) is 61.5 Å². The average Bonchev–Trinajstić information content (AvgIpc) is 3.20. The number of ether oxygens (including phenoxy) is 2. The van der Waals surface area contributed by atoms with Crippen molar-refractivity contribution in [2.75, 3.05) is 6.61 Å². The van der Waals surface area contributed by atoms with Crippen LogP contribution >= 0.6 is 28.1 Å². The fourth-order valence-corrected chi connectivity index (χ4v) is 2.92. The first kappa shape index (κ1) is 19.5. The minimum atomic E-state index is 0.466. The van der Waals surface area contributed by atoms with Crippen LogP contribution in [0.2, 0.25) is 0 Å². The maximum Gasteiger partial charge on any atom is 0.161 e. The van der Waals surface area contributed by atoms with E-state index in [1.54, 1.807) is 6.26 Å². The number of furan rings is 1. The minimum Gasteiger partial charge on any atom is -0.490 e. The lowest BCUT2D eigenvalue weighted by Gasteiger charge is -2.14. The van der Waals surface area contributed by atoms with E-state index in [4.69, 9.17) is 26.1 Å². The molecule has 0 saturated heterocycles. The van der Waals surface area contributed by atoms with E-state index in [0.717, 1.165) is 21.4 Å². The van der Waals surface area contributed by atoms with E-state index in [0.29, 0.717) is 36.2 Å². The summed E-state index contributed by atoms with van der Waals surface area (Å²) in [5, 5.41) is 3.19. The van der Waals surface area contributed by atoms with Crippen molar-refractivity contribution in [1.29, 1.82) is 0 Å². The van der Waals surface area contributed by atoms with Gasteiger partial charge in [-0.05, 0) is 55.0 Å². The lowest BCUT2D eigenvalue weighted by atomic mass is 10.2. The van der Waals surface area contributed by atoms with Gasteiger partial charge in [0.1, 0.15) is 17.4 Å². The van der Waals surface area contributed by atoms with Crippen molar-refractivity contribution in [2.24, 2.45) is 0 Å². The Balaban J connectivity index is 1.67. The Morgan fingerprint density at radius 1 is 1.07 bits per heavy atom. The van der Waals surface area contributed by atoms with Crippen molar-refractivity contribution < 1.29 is 13.9 Å². The van der Waals surface area contributed by atoms with Crippen LogP contribution in [0, 0.1) is 0 Å². The number of halogens is 1. The number of thiocarbonyl (C=S) groups is 1. The molecule has 0 unspecified atom stereocenters. The predicted octanol–water partition coefficient (Wildman–Crippen LogP) is 5.49. The van der Waals surface area contributed by atoms with Crippen LogP contribution in [-0.2, 0) is 13.2 Å². The van der Waals surface area contributed by atoms with Gasteiger partial charge in [0.15, 0.2) is 11.5 Å². The monoisotopic (exact) mass is 445 g/mol. The zero-order chi connectivity index (χ0) is 19.1. The van der Waals surface area contributed by atoms with Crippen molar-refractivity contribution in [3.8, 4) is 11.5 Å². The Bertz CT molecular complexity index is 879. The molecule has 0 saturated carbocycles. The molecule has 27 heavy (non-hydrogen) atoms. The third-order valence-corrected chi connectivity index (χ3v) is 4.73. The molecular weight excluding hydrogens is 426 g/mol. The molecule has 1 heterocycles. The molecule has 0 radical (unpaired) electrons. The summed E-state index contributed by atoms with van der Waals surface area (Å²) in [6, 6.07) is 17.5. The van der Waals surface area contributed by atoms with Crippen LogP contribution in [0.15, 0.2) is 69.8 Å². The van der Waals surface area contributed by atoms with Gasteiger partial charge in [-0.1, -0.05) is 40.3 Å².